The molecule has 6 nitrogen and oxygen atoms in total. The van der Waals surface area contributed by atoms with E-state index in [0.29, 0.717) is 25.3 Å². The summed E-state index contributed by atoms with van der Waals surface area (Å²) in [6, 6.07) is 7.37. The molecule has 1 rings (SSSR count). The molecule has 0 aliphatic rings. The van der Waals surface area contributed by atoms with Crippen LogP contribution in [0.3, 0.4) is 0 Å². The fraction of sp³-hybridized carbons (Fsp3) is 0.652. The first-order valence-corrected chi connectivity index (χ1v) is 10.3. The predicted molar refractivity (Wildman–Crippen MR) is 116 cm³/mol. The minimum absolute atomic E-state index is 0.0441. The maximum absolute atomic E-state index is 13.0. The summed E-state index contributed by atoms with van der Waals surface area (Å²) in [5.41, 5.74) is 1.47. The molecule has 0 bridgehead atoms. The zero-order valence-electron chi connectivity index (χ0n) is 19.1. The van der Waals surface area contributed by atoms with Crippen molar-refractivity contribution in [3.8, 4) is 0 Å². The summed E-state index contributed by atoms with van der Waals surface area (Å²) in [5.74, 6) is 0.386. The van der Waals surface area contributed by atoms with Crippen LogP contribution in [-0.4, -0.2) is 57.2 Å². The van der Waals surface area contributed by atoms with Crippen molar-refractivity contribution in [1.82, 2.24) is 10.2 Å². The first kappa shape index (κ1) is 25.1. The van der Waals surface area contributed by atoms with Crippen molar-refractivity contribution in [2.75, 3.05) is 40.4 Å². The number of ether oxygens (including phenoxy) is 2. The fourth-order valence-corrected chi connectivity index (χ4v) is 3.53. The number of amides is 1. The van der Waals surface area contributed by atoms with Crippen molar-refractivity contribution in [2.24, 2.45) is 17.3 Å². The van der Waals surface area contributed by atoms with Gasteiger partial charge in [0.25, 0.3) is 0 Å². The Morgan fingerprint density at radius 3 is 2.24 bits per heavy atom. The van der Waals surface area contributed by atoms with Crippen LogP contribution in [0.15, 0.2) is 24.3 Å². The number of nitrogens with zero attached hydrogens (tertiary/aromatic N) is 1. The average molecular weight is 407 g/mol. The Morgan fingerprint density at radius 2 is 1.72 bits per heavy atom. The third-order valence-electron chi connectivity index (χ3n) is 4.90. The van der Waals surface area contributed by atoms with Crippen LogP contribution in [0.1, 0.15) is 50.5 Å². The van der Waals surface area contributed by atoms with Crippen LogP contribution in [-0.2, 0) is 16.1 Å². The second-order valence-corrected chi connectivity index (χ2v) is 8.87. The summed E-state index contributed by atoms with van der Waals surface area (Å²) >= 11 is 0. The van der Waals surface area contributed by atoms with Crippen LogP contribution < -0.4 is 5.32 Å². The van der Waals surface area contributed by atoms with Gasteiger partial charge in [-0.1, -0.05) is 58.9 Å². The van der Waals surface area contributed by atoms with Gasteiger partial charge < -0.3 is 19.7 Å². The van der Waals surface area contributed by atoms with Crippen LogP contribution >= 0.6 is 0 Å². The van der Waals surface area contributed by atoms with E-state index in [2.05, 4.69) is 39.9 Å². The largest absolute Gasteiger partial charge is 0.445 e. The predicted octanol–water partition coefficient (Wildman–Crippen LogP) is 3.99. The molecule has 1 amide bonds. The monoisotopic (exact) mass is 406 g/mol. The quantitative estimate of drug-likeness (QED) is 0.444. The van der Waals surface area contributed by atoms with E-state index in [4.69, 9.17) is 9.47 Å². The highest BCUT2D eigenvalue weighted by molar-refractivity contribution is 5.98. The number of likely N-dealkylation sites (N-methyl/N-ethyl adjacent to an activating group) is 1. The second kappa shape index (κ2) is 11.9. The number of methoxy groups -OCH3 is 1. The summed E-state index contributed by atoms with van der Waals surface area (Å²) in [5, 5.41) is 3.18. The van der Waals surface area contributed by atoms with Gasteiger partial charge in [0.2, 0.25) is 0 Å². The molecule has 1 aromatic carbocycles. The van der Waals surface area contributed by atoms with E-state index in [0.717, 1.165) is 12.1 Å². The first-order valence-electron chi connectivity index (χ1n) is 10.3. The van der Waals surface area contributed by atoms with Crippen molar-refractivity contribution >= 4 is 11.9 Å². The lowest BCUT2D eigenvalue weighted by atomic mass is 9.70. The van der Waals surface area contributed by atoms with Gasteiger partial charge in [-0.15, -0.1) is 0 Å². The number of ketones is 1. The van der Waals surface area contributed by atoms with Crippen molar-refractivity contribution in [1.29, 1.82) is 0 Å². The van der Waals surface area contributed by atoms with Crippen molar-refractivity contribution < 1.29 is 19.1 Å². The van der Waals surface area contributed by atoms with Gasteiger partial charge in [0.05, 0.1) is 6.61 Å². The lowest BCUT2D eigenvalue weighted by Gasteiger charge is -2.32. The molecule has 0 radical (unpaired) electrons. The van der Waals surface area contributed by atoms with E-state index in [-0.39, 0.29) is 35.7 Å². The minimum Gasteiger partial charge on any atom is -0.445 e. The highest BCUT2D eigenvalue weighted by atomic mass is 16.6. The lowest BCUT2D eigenvalue weighted by Crippen LogP contribution is -2.35. The number of rotatable bonds is 11. The van der Waals surface area contributed by atoms with E-state index in [1.54, 1.807) is 14.2 Å². The van der Waals surface area contributed by atoms with Gasteiger partial charge in [-0.3, -0.25) is 4.79 Å². The SMILES string of the molecule is COCCNCCN(C)C(=O)OCc1ccc(C(=O)C(C(C)C)C(C)(C)C)cc1. The Balaban J connectivity index is 2.55. The van der Waals surface area contributed by atoms with Crippen LogP contribution in [0, 0.1) is 17.3 Å². The first-order chi connectivity index (χ1) is 13.6. The van der Waals surface area contributed by atoms with E-state index in [1.165, 1.54) is 4.90 Å². The number of benzene rings is 1. The molecule has 0 spiro atoms. The molecule has 0 fully saturated rings. The molecule has 1 atom stereocenters. The minimum atomic E-state index is -0.369. The Bertz CT molecular complexity index is 635. The van der Waals surface area contributed by atoms with Gasteiger partial charge in [0, 0.05) is 45.3 Å². The van der Waals surface area contributed by atoms with E-state index < -0.39 is 0 Å². The van der Waals surface area contributed by atoms with E-state index in [1.807, 2.05) is 24.3 Å². The molecule has 0 saturated heterocycles. The topological polar surface area (TPSA) is 67.9 Å². The van der Waals surface area contributed by atoms with Gasteiger partial charge in [-0.25, -0.2) is 4.79 Å². The van der Waals surface area contributed by atoms with Crippen LogP contribution in [0.4, 0.5) is 4.79 Å². The number of hydrogen-bond acceptors (Lipinski definition) is 5. The Labute approximate surface area is 175 Å². The highest BCUT2D eigenvalue weighted by Gasteiger charge is 2.34. The molecule has 0 aromatic heterocycles. The summed E-state index contributed by atoms with van der Waals surface area (Å²) in [4.78, 5) is 26.6. The molecule has 0 aliphatic carbocycles. The van der Waals surface area contributed by atoms with Crippen molar-refractivity contribution in [2.45, 2.75) is 41.2 Å². The molecule has 1 aromatic rings. The number of hydrogen-bond donors (Lipinski definition) is 1. The molecular formula is C23H38N2O4. The number of Topliss-reactive ketones (excluding diaryl/α,β-unsaturated/α-hetero) is 1. The summed E-state index contributed by atoms with van der Waals surface area (Å²) in [6.45, 7) is 13.3. The third-order valence-corrected chi connectivity index (χ3v) is 4.90. The normalized spacial score (nSPS) is 12.7. The van der Waals surface area contributed by atoms with Gasteiger partial charge in [-0.2, -0.15) is 0 Å². The summed E-state index contributed by atoms with van der Waals surface area (Å²) in [6.07, 6.45) is -0.369. The molecule has 6 heteroatoms. The molecule has 164 valence electrons. The fourth-order valence-electron chi connectivity index (χ4n) is 3.53. The highest BCUT2D eigenvalue weighted by Crippen LogP contribution is 2.34. The van der Waals surface area contributed by atoms with Crippen LogP contribution in [0.5, 0.6) is 0 Å². The lowest BCUT2D eigenvalue weighted by molar-refractivity contribution is 0.0742. The number of carbonyl (C=O) groups is 2. The smallest absolute Gasteiger partial charge is 0.409 e. The van der Waals surface area contributed by atoms with Crippen LogP contribution in [0.25, 0.3) is 0 Å². The Hall–Kier alpha value is -1.92. The Morgan fingerprint density at radius 1 is 1.10 bits per heavy atom. The standard InChI is InChI=1S/C23H38N2O4/c1-17(2)20(23(3,4)5)21(26)19-10-8-18(9-11-19)16-29-22(27)25(6)14-12-24-13-15-28-7/h8-11,17,20,24H,12-16H2,1-7H3. The van der Waals surface area contributed by atoms with Crippen molar-refractivity contribution in [3.05, 3.63) is 35.4 Å². The van der Waals surface area contributed by atoms with Gasteiger partial charge in [0.15, 0.2) is 5.78 Å². The molecule has 29 heavy (non-hydrogen) atoms. The molecule has 0 aliphatic heterocycles. The van der Waals surface area contributed by atoms with E-state index >= 15 is 0 Å². The number of carbonyl (C=O) groups excluding carboxylic acids is 2. The molecule has 1 N–H and O–H groups in total. The molecular weight excluding hydrogens is 368 g/mol. The average Bonchev–Trinajstić information content (AvgIpc) is 2.64. The van der Waals surface area contributed by atoms with E-state index in [9.17, 15) is 9.59 Å². The summed E-state index contributed by atoms with van der Waals surface area (Å²) in [7, 11) is 3.36. The maximum Gasteiger partial charge on any atom is 0.409 e. The number of nitrogens with one attached hydrogen (secondary N) is 1. The molecule has 0 saturated carbocycles. The van der Waals surface area contributed by atoms with Gasteiger partial charge in [0.1, 0.15) is 6.61 Å². The molecule has 0 heterocycles. The van der Waals surface area contributed by atoms with Crippen LogP contribution in [0.2, 0.25) is 0 Å². The maximum atomic E-state index is 13.0. The van der Waals surface area contributed by atoms with Gasteiger partial charge in [-0.05, 0) is 16.9 Å². The second-order valence-electron chi connectivity index (χ2n) is 8.87. The summed E-state index contributed by atoms with van der Waals surface area (Å²) < 4.78 is 10.3. The zero-order valence-corrected chi connectivity index (χ0v) is 19.1. The van der Waals surface area contributed by atoms with Gasteiger partial charge >= 0.3 is 6.09 Å². The van der Waals surface area contributed by atoms with Crippen molar-refractivity contribution in [3.63, 3.8) is 0 Å². The third kappa shape index (κ3) is 8.54. The molecule has 1 unspecified atom stereocenters. The Kier molecular flexibility index (Phi) is 10.3. The zero-order chi connectivity index (χ0) is 22.0.